The summed E-state index contributed by atoms with van der Waals surface area (Å²) in [6, 6.07) is 21.5. The minimum Gasteiger partial charge on any atom is -0.359 e. The van der Waals surface area contributed by atoms with Gasteiger partial charge in [0.1, 0.15) is 0 Å². The lowest BCUT2D eigenvalue weighted by Gasteiger charge is -2.38. The molecule has 0 bridgehead atoms. The predicted molar refractivity (Wildman–Crippen MR) is 127 cm³/mol. The summed E-state index contributed by atoms with van der Waals surface area (Å²) in [5.41, 5.74) is 5.79. The molecular formula is C24H16BrClN4O2. The number of nitrogens with one attached hydrogen (secondary N) is 2. The Bertz CT molecular complexity index is 1350. The van der Waals surface area contributed by atoms with Crippen LogP contribution < -0.4 is 10.7 Å². The molecule has 1 aliphatic heterocycles. The number of hydrazine groups is 1. The molecule has 8 heteroatoms. The second kappa shape index (κ2) is 8.26. The molecule has 32 heavy (non-hydrogen) atoms. The molecule has 1 atom stereocenters. The smallest absolute Gasteiger partial charge is 0.276 e. The summed E-state index contributed by atoms with van der Waals surface area (Å²) in [5, 5.41) is 6.16. The summed E-state index contributed by atoms with van der Waals surface area (Å²) in [5.74, 6) is -0.756. The third-order valence-corrected chi connectivity index (χ3v) is 6.01. The number of fused-ring (bicyclic) bond motifs is 2. The Morgan fingerprint density at radius 1 is 1.06 bits per heavy atom. The first kappa shape index (κ1) is 20.5. The zero-order valence-electron chi connectivity index (χ0n) is 16.5. The second-order valence-electron chi connectivity index (χ2n) is 7.28. The fourth-order valence-corrected chi connectivity index (χ4v) is 4.22. The van der Waals surface area contributed by atoms with Crippen LogP contribution in [0.25, 0.3) is 10.9 Å². The van der Waals surface area contributed by atoms with Gasteiger partial charge in [0.25, 0.3) is 11.8 Å². The Balaban J connectivity index is 1.60. The molecule has 1 aromatic heterocycles. The molecule has 0 aliphatic carbocycles. The van der Waals surface area contributed by atoms with E-state index in [1.807, 2.05) is 42.5 Å². The summed E-state index contributed by atoms with van der Waals surface area (Å²) in [4.78, 5) is 31.0. The van der Waals surface area contributed by atoms with Crippen LogP contribution in [0.1, 0.15) is 32.4 Å². The van der Waals surface area contributed by atoms with Crippen molar-refractivity contribution in [2.75, 3.05) is 5.32 Å². The van der Waals surface area contributed by atoms with Crippen LogP contribution in [0.2, 0.25) is 5.02 Å². The van der Waals surface area contributed by atoms with E-state index in [9.17, 15) is 9.59 Å². The lowest BCUT2D eigenvalue weighted by Crippen LogP contribution is -2.53. The van der Waals surface area contributed by atoms with Crippen LogP contribution in [0.3, 0.4) is 0 Å². The Hall–Kier alpha value is -3.42. The number of nitrogens with zero attached hydrogens (tertiary/aromatic N) is 2. The standard InChI is InChI=1S/C24H16BrClN4O2/c25-16-8-11-20-19(13-16)24(32)30(29-23(31)15-6-9-17(26)10-7-15)22(28-20)18-5-1-3-14-4-2-12-27-21(14)18/h1-13,22,28H,(H,29,31). The highest BCUT2D eigenvalue weighted by Crippen LogP contribution is 2.35. The Labute approximate surface area is 197 Å². The number of halogens is 2. The van der Waals surface area contributed by atoms with Crippen LogP contribution in [0, 0.1) is 0 Å². The minimum atomic E-state index is -0.661. The van der Waals surface area contributed by atoms with Crippen molar-refractivity contribution < 1.29 is 9.59 Å². The van der Waals surface area contributed by atoms with E-state index >= 15 is 0 Å². The molecule has 158 valence electrons. The lowest BCUT2D eigenvalue weighted by molar-refractivity contribution is 0.0492. The van der Waals surface area contributed by atoms with Crippen molar-refractivity contribution in [2.45, 2.75) is 6.17 Å². The van der Waals surface area contributed by atoms with Crippen molar-refractivity contribution in [2.24, 2.45) is 0 Å². The highest BCUT2D eigenvalue weighted by Gasteiger charge is 2.35. The molecule has 0 fully saturated rings. The van der Waals surface area contributed by atoms with Crippen LogP contribution >= 0.6 is 27.5 Å². The van der Waals surface area contributed by atoms with E-state index in [2.05, 4.69) is 31.7 Å². The van der Waals surface area contributed by atoms with Gasteiger partial charge in [-0.05, 0) is 48.5 Å². The molecule has 6 nitrogen and oxygen atoms in total. The molecule has 1 aliphatic rings. The second-order valence-corrected chi connectivity index (χ2v) is 8.63. The number of rotatable bonds is 3. The number of amides is 2. The molecule has 2 amide bonds. The maximum absolute atomic E-state index is 13.5. The third kappa shape index (κ3) is 3.70. The van der Waals surface area contributed by atoms with Crippen molar-refractivity contribution in [3.05, 3.63) is 105 Å². The fraction of sp³-hybridized carbons (Fsp3) is 0.0417. The monoisotopic (exact) mass is 506 g/mol. The number of benzene rings is 3. The molecule has 1 unspecified atom stereocenters. The number of carbonyl (C=O) groups excluding carboxylic acids is 2. The molecule has 0 saturated carbocycles. The van der Waals surface area contributed by atoms with Crippen LogP contribution in [0.15, 0.2) is 83.5 Å². The van der Waals surface area contributed by atoms with Gasteiger partial charge in [0.15, 0.2) is 6.17 Å². The molecule has 2 N–H and O–H groups in total. The normalized spacial score (nSPS) is 15.2. The molecule has 0 saturated heterocycles. The predicted octanol–water partition coefficient (Wildman–Crippen LogP) is 5.56. The molecule has 0 radical (unpaired) electrons. The van der Waals surface area contributed by atoms with Crippen LogP contribution in [0.5, 0.6) is 0 Å². The van der Waals surface area contributed by atoms with Crippen molar-refractivity contribution in [1.29, 1.82) is 0 Å². The summed E-state index contributed by atoms with van der Waals surface area (Å²) < 4.78 is 0.764. The van der Waals surface area contributed by atoms with Gasteiger partial charge >= 0.3 is 0 Å². The number of carbonyl (C=O) groups is 2. The number of hydrogen-bond acceptors (Lipinski definition) is 4. The van der Waals surface area contributed by atoms with E-state index in [1.54, 1.807) is 36.5 Å². The topological polar surface area (TPSA) is 74.3 Å². The Morgan fingerprint density at radius 3 is 2.66 bits per heavy atom. The van der Waals surface area contributed by atoms with E-state index in [0.717, 1.165) is 20.9 Å². The van der Waals surface area contributed by atoms with Gasteiger partial charge in [-0.2, -0.15) is 0 Å². The molecule has 0 spiro atoms. The third-order valence-electron chi connectivity index (χ3n) is 5.27. The van der Waals surface area contributed by atoms with Crippen LogP contribution in [0.4, 0.5) is 5.69 Å². The number of hydrogen-bond donors (Lipinski definition) is 2. The van der Waals surface area contributed by atoms with Crippen molar-refractivity contribution in [3.63, 3.8) is 0 Å². The van der Waals surface area contributed by atoms with Gasteiger partial charge in [0.2, 0.25) is 0 Å². The van der Waals surface area contributed by atoms with E-state index in [0.29, 0.717) is 21.8 Å². The van der Waals surface area contributed by atoms with E-state index in [4.69, 9.17) is 11.6 Å². The summed E-state index contributed by atoms with van der Waals surface area (Å²) >= 11 is 9.36. The molecule has 2 heterocycles. The van der Waals surface area contributed by atoms with Crippen LogP contribution in [-0.4, -0.2) is 21.8 Å². The largest absolute Gasteiger partial charge is 0.359 e. The first-order valence-corrected chi connectivity index (χ1v) is 11.0. The zero-order chi connectivity index (χ0) is 22.2. The van der Waals surface area contributed by atoms with E-state index in [1.165, 1.54) is 5.01 Å². The summed E-state index contributed by atoms with van der Waals surface area (Å²) in [6.07, 6.45) is 1.05. The highest BCUT2D eigenvalue weighted by atomic mass is 79.9. The van der Waals surface area contributed by atoms with Crippen LogP contribution in [-0.2, 0) is 0 Å². The molecule has 3 aromatic carbocycles. The molecular weight excluding hydrogens is 492 g/mol. The minimum absolute atomic E-state index is 0.333. The summed E-state index contributed by atoms with van der Waals surface area (Å²) in [6.45, 7) is 0. The zero-order valence-corrected chi connectivity index (χ0v) is 18.9. The number of para-hydroxylation sites is 1. The van der Waals surface area contributed by atoms with E-state index < -0.39 is 12.1 Å². The number of aromatic nitrogens is 1. The van der Waals surface area contributed by atoms with E-state index in [-0.39, 0.29) is 5.91 Å². The lowest BCUT2D eigenvalue weighted by atomic mass is 10.0. The Kier molecular flexibility index (Phi) is 5.28. The van der Waals surface area contributed by atoms with Gasteiger partial charge in [0.05, 0.1) is 11.1 Å². The quantitative estimate of drug-likeness (QED) is 0.381. The summed E-state index contributed by atoms with van der Waals surface area (Å²) in [7, 11) is 0. The highest BCUT2D eigenvalue weighted by molar-refractivity contribution is 9.10. The first-order valence-electron chi connectivity index (χ1n) is 9.81. The number of anilines is 1. The average Bonchev–Trinajstić information content (AvgIpc) is 2.81. The van der Waals surface area contributed by atoms with Gasteiger partial charge in [-0.3, -0.25) is 20.0 Å². The van der Waals surface area contributed by atoms with Gasteiger partial charge in [-0.15, -0.1) is 0 Å². The van der Waals surface area contributed by atoms with Crippen molar-refractivity contribution in [1.82, 2.24) is 15.4 Å². The fourth-order valence-electron chi connectivity index (χ4n) is 3.73. The molecule has 4 aromatic rings. The van der Waals surface area contributed by atoms with Gasteiger partial charge in [-0.1, -0.05) is 51.8 Å². The van der Waals surface area contributed by atoms with Crippen molar-refractivity contribution >= 4 is 55.9 Å². The maximum atomic E-state index is 13.5. The Morgan fingerprint density at radius 2 is 1.84 bits per heavy atom. The first-order chi connectivity index (χ1) is 15.5. The maximum Gasteiger partial charge on any atom is 0.276 e. The van der Waals surface area contributed by atoms with Gasteiger partial charge < -0.3 is 5.32 Å². The van der Waals surface area contributed by atoms with Gasteiger partial charge in [0, 0.05) is 37.9 Å². The van der Waals surface area contributed by atoms with Gasteiger partial charge in [-0.25, -0.2) is 5.01 Å². The number of pyridine rings is 1. The van der Waals surface area contributed by atoms with Crippen molar-refractivity contribution in [3.8, 4) is 0 Å². The SMILES string of the molecule is O=C(NN1C(=O)c2cc(Br)ccc2NC1c1cccc2cccnc12)c1ccc(Cl)cc1. The average molecular weight is 508 g/mol. The molecule has 5 rings (SSSR count).